The van der Waals surface area contributed by atoms with Gasteiger partial charge in [0.05, 0.1) is 18.0 Å². The number of carboxylic acid groups (broad SMARTS) is 1. The van der Waals surface area contributed by atoms with Gasteiger partial charge in [-0.1, -0.05) is 25.1 Å². The highest BCUT2D eigenvalue weighted by molar-refractivity contribution is 5.74. The van der Waals surface area contributed by atoms with E-state index in [1.54, 1.807) is 43.5 Å². The number of nitrogen functional groups attached to an aromatic ring is 1. The maximum atomic E-state index is 15.1. The van der Waals surface area contributed by atoms with E-state index in [9.17, 15) is 15.0 Å². The first-order valence-electron chi connectivity index (χ1n) is 16.3. The number of alkyl halides is 3. The monoisotopic (exact) mass is 679 g/mol. The summed E-state index contributed by atoms with van der Waals surface area (Å²) in [7, 11) is 0. The number of halogens is 3. The molecular weight excluding hydrogens is 639 g/mol. The van der Waals surface area contributed by atoms with Crippen LogP contribution in [-0.4, -0.2) is 67.3 Å². The maximum absolute atomic E-state index is 15.1. The minimum atomic E-state index is -4.87. The van der Waals surface area contributed by atoms with Crippen LogP contribution in [0.3, 0.4) is 0 Å². The molecule has 2 aromatic carbocycles. The Kier molecular flexibility index (Phi) is 9.29. The number of aryl methyl sites for hydroxylation is 2. The number of nitrogens with one attached hydrogen (secondary N) is 1. The fraction of sp³-hybridized carbons (Fsp3) is 0.429. The van der Waals surface area contributed by atoms with Crippen LogP contribution in [0.25, 0.3) is 16.8 Å². The molecule has 2 saturated heterocycles. The standard InChI is InChI=1S/C35H40F3N7O4/c1-4-28-34(18-26(40-28)32(47)48)10-13-44(14-11-34)29-17-30(42-33(39)41-29)49-31(35(36,37)38)25-16-23(22-6-5-20(2)24(15-22)19-46)7-8-27(25)45-12-9-21(3)43-45/h5-9,12,15-17,26,28,31,40,46H,4,10-11,13-14,18-19H2,1-3H3,(H,47,48)(H2,39,41,42)/t26?,28?,31-/m1/s1. The molecule has 0 saturated carbocycles. The molecule has 6 rings (SSSR count). The Labute approximate surface area is 281 Å². The first-order chi connectivity index (χ1) is 23.3. The van der Waals surface area contributed by atoms with Gasteiger partial charge in [-0.2, -0.15) is 28.2 Å². The molecule has 14 heteroatoms. The van der Waals surface area contributed by atoms with Crippen molar-refractivity contribution in [3.8, 4) is 22.7 Å². The third-order valence-electron chi connectivity index (χ3n) is 9.92. The Morgan fingerprint density at radius 3 is 2.45 bits per heavy atom. The zero-order valence-electron chi connectivity index (χ0n) is 27.5. The van der Waals surface area contributed by atoms with Crippen molar-refractivity contribution in [2.75, 3.05) is 23.7 Å². The van der Waals surface area contributed by atoms with E-state index in [-0.39, 0.29) is 41.1 Å². The smallest absolute Gasteiger partial charge is 0.429 e. The summed E-state index contributed by atoms with van der Waals surface area (Å²) in [5.74, 6) is -1.11. The highest BCUT2D eigenvalue weighted by Crippen LogP contribution is 2.46. The van der Waals surface area contributed by atoms with E-state index in [0.29, 0.717) is 60.6 Å². The quantitative estimate of drug-likeness (QED) is 0.178. The van der Waals surface area contributed by atoms with Crippen LogP contribution in [0.5, 0.6) is 5.88 Å². The summed E-state index contributed by atoms with van der Waals surface area (Å²) in [5, 5.41) is 27.1. The third-order valence-corrected chi connectivity index (χ3v) is 9.92. The van der Waals surface area contributed by atoms with Crippen LogP contribution in [0.1, 0.15) is 61.1 Å². The lowest BCUT2D eigenvalue weighted by molar-refractivity contribution is -0.198. The second-order valence-corrected chi connectivity index (χ2v) is 13.0. The van der Waals surface area contributed by atoms with Crippen LogP contribution in [0.2, 0.25) is 0 Å². The molecule has 4 aromatic rings. The molecule has 4 heterocycles. The van der Waals surface area contributed by atoms with E-state index < -0.39 is 24.3 Å². The van der Waals surface area contributed by atoms with Gasteiger partial charge >= 0.3 is 12.1 Å². The van der Waals surface area contributed by atoms with Gasteiger partial charge in [-0.05, 0) is 91.5 Å². The van der Waals surface area contributed by atoms with Crippen LogP contribution in [0, 0.1) is 19.3 Å². The number of anilines is 2. The van der Waals surface area contributed by atoms with Crippen molar-refractivity contribution < 1.29 is 32.9 Å². The van der Waals surface area contributed by atoms with E-state index in [1.807, 2.05) is 24.8 Å². The van der Waals surface area contributed by atoms with Gasteiger partial charge in [0.1, 0.15) is 11.9 Å². The van der Waals surface area contributed by atoms with Crippen molar-refractivity contribution in [2.24, 2.45) is 5.41 Å². The van der Waals surface area contributed by atoms with E-state index in [0.717, 1.165) is 12.0 Å². The van der Waals surface area contributed by atoms with Crippen LogP contribution >= 0.6 is 0 Å². The highest BCUT2D eigenvalue weighted by atomic mass is 19.4. The van der Waals surface area contributed by atoms with E-state index in [1.165, 1.54) is 16.8 Å². The van der Waals surface area contributed by atoms with E-state index >= 15 is 13.2 Å². The first-order valence-corrected chi connectivity index (χ1v) is 16.3. The summed E-state index contributed by atoms with van der Waals surface area (Å²) in [5.41, 5.74) is 9.11. The second kappa shape index (κ2) is 13.3. The number of hydrogen-bond donors (Lipinski definition) is 4. The lowest BCUT2D eigenvalue weighted by Gasteiger charge is -2.43. The number of ether oxygens (including phenoxy) is 1. The lowest BCUT2D eigenvalue weighted by Crippen LogP contribution is -2.46. The molecule has 0 bridgehead atoms. The number of aliphatic carboxylic acids is 1. The predicted octanol–water partition coefficient (Wildman–Crippen LogP) is 5.51. The molecule has 260 valence electrons. The molecule has 2 fully saturated rings. The molecule has 0 amide bonds. The molecule has 1 spiro atoms. The summed E-state index contributed by atoms with van der Waals surface area (Å²) < 4.78 is 52.3. The number of piperidine rings is 1. The number of rotatable bonds is 9. The predicted molar refractivity (Wildman–Crippen MR) is 177 cm³/mol. The second-order valence-electron chi connectivity index (χ2n) is 13.0. The van der Waals surface area contributed by atoms with Crippen LogP contribution in [0.15, 0.2) is 54.7 Å². The number of carboxylic acids is 1. The lowest BCUT2D eigenvalue weighted by atomic mass is 9.71. The van der Waals surface area contributed by atoms with Gasteiger partial charge < -0.3 is 30.9 Å². The van der Waals surface area contributed by atoms with Gasteiger partial charge in [-0.15, -0.1) is 0 Å². The molecule has 0 aliphatic carbocycles. The minimum Gasteiger partial charge on any atom is -0.480 e. The fourth-order valence-electron chi connectivity index (χ4n) is 7.27. The van der Waals surface area contributed by atoms with Crippen LogP contribution in [-0.2, 0) is 11.4 Å². The Bertz CT molecular complexity index is 1840. The largest absolute Gasteiger partial charge is 0.480 e. The maximum Gasteiger partial charge on any atom is 0.429 e. The average molecular weight is 680 g/mol. The van der Waals surface area contributed by atoms with Crippen molar-refractivity contribution in [3.63, 3.8) is 0 Å². The molecule has 2 aromatic heterocycles. The van der Waals surface area contributed by atoms with Crippen molar-refractivity contribution in [3.05, 3.63) is 77.1 Å². The van der Waals surface area contributed by atoms with Crippen LogP contribution in [0.4, 0.5) is 24.9 Å². The molecule has 2 aliphatic rings. The zero-order chi connectivity index (χ0) is 35.1. The Hall–Kier alpha value is -4.69. The molecule has 11 nitrogen and oxygen atoms in total. The number of nitrogens with two attached hydrogens (primary N) is 1. The van der Waals surface area contributed by atoms with E-state index in [4.69, 9.17) is 10.5 Å². The Morgan fingerprint density at radius 2 is 1.82 bits per heavy atom. The van der Waals surface area contributed by atoms with Crippen molar-refractivity contribution >= 4 is 17.7 Å². The number of benzene rings is 2. The van der Waals surface area contributed by atoms with E-state index in [2.05, 4.69) is 20.4 Å². The SMILES string of the molecule is CCC1NC(C(=O)O)CC12CCN(c1cc(O[C@H](c3cc(-c4ccc(C)c(CO)c4)ccc3-n3ccc(C)n3)C(F)(F)F)nc(N)n1)CC2. The number of aliphatic hydroxyl groups excluding tert-OH is 1. The van der Waals surface area contributed by atoms with Gasteiger partial charge in [0.2, 0.25) is 17.9 Å². The summed E-state index contributed by atoms with van der Waals surface area (Å²) in [6.07, 6.45) is -3.07. The topological polar surface area (TPSA) is 152 Å². The summed E-state index contributed by atoms with van der Waals surface area (Å²) in [4.78, 5) is 22.0. The van der Waals surface area contributed by atoms with Gasteiger partial charge in [-0.3, -0.25) is 4.79 Å². The zero-order valence-corrected chi connectivity index (χ0v) is 27.5. The number of hydrogen-bond acceptors (Lipinski definition) is 9. The normalized spacial score (nSPS) is 19.7. The molecule has 5 N–H and O–H groups in total. The number of aromatic nitrogens is 4. The molecule has 49 heavy (non-hydrogen) atoms. The summed E-state index contributed by atoms with van der Waals surface area (Å²) in [6, 6.07) is 12.6. The Morgan fingerprint density at radius 1 is 1.10 bits per heavy atom. The highest BCUT2D eigenvalue weighted by Gasteiger charge is 2.50. The summed E-state index contributed by atoms with van der Waals surface area (Å²) >= 11 is 0. The van der Waals surface area contributed by atoms with Crippen molar-refractivity contribution in [1.29, 1.82) is 0 Å². The fourth-order valence-corrected chi connectivity index (χ4v) is 7.27. The van der Waals surface area contributed by atoms with Crippen molar-refractivity contribution in [2.45, 2.75) is 77.4 Å². The third kappa shape index (κ3) is 6.92. The van der Waals surface area contributed by atoms with Gasteiger partial charge in [0, 0.05) is 37.0 Å². The number of carbonyl (C=O) groups is 1. The van der Waals surface area contributed by atoms with Crippen LogP contribution < -0.4 is 20.7 Å². The van der Waals surface area contributed by atoms with Crippen molar-refractivity contribution in [1.82, 2.24) is 25.1 Å². The Balaban J connectivity index is 1.33. The molecule has 2 unspecified atom stereocenters. The molecule has 0 radical (unpaired) electrons. The average Bonchev–Trinajstić information content (AvgIpc) is 3.66. The van der Waals surface area contributed by atoms with Gasteiger partial charge in [-0.25, -0.2) is 4.68 Å². The van der Waals surface area contributed by atoms with Gasteiger partial charge in [0.15, 0.2) is 0 Å². The number of nitrogens with zero attached hydrogens (tertiary/aromatic N) is 5. The molecular formula is C35H40F3N7O4. The molecule has 2 aliphatic heterocycles. The van der Waals surface area contributed by atoms with Gasteiger partial charge in [0.25, 0.3) is 0 Å². The summed E-state index contributed by atoms with van der Waals surface area (Å²) in [6.45, 7) is 6.45. The first kappa shape index (κ1) is 34.2. The molecule has 3 atom stereocenters. The minimum absolute atomic E-state index is 0.0522. The number of aliphatic hydroxyl groups is 1.